The molecule has 1 amide bonds. The Labute approximate surface area is 160 Å². The van der Waals surface area contributed by atoms with E-state index < -0.39 is 0 Å². The molecule has 1 saturated heterocycles. The van der Waals surface area contributed by atoms with E-state index in [1.165, 1.54) is 0 Å². The van der Waals surface area contributed by atoms with Crippen molar-refractivity contribution in [3.8, 4) is 22.7 Å². The Balaban J connectivity index is 1.85. The van der Waals surface area contributed by atoms with E-state index >= 15 is 0 Å². The lowest BCUT2D eigenvalue weighted by atomic mass is 10.1. The Hall–Kier alpha value is -3.01. The quantitative estimate of drug-likeness (QED) is 0.676. The number of carbonyl (C=O) groups excluding carboxylic acids is 1. The van der Waals surface area contributed by atoms with Crippen LogP contribution in [0.2, 0.25) is 0 Å². The largest absolute Gasteiger partial charge is 0.497 e. The second kappa shape index (κ2) is 7.31. The van der Waals surface area contributed by atoms with Crippen molar-refractivity contribution in [2.24, 2.45) is 0 Å². The normalized spacial score (nSPS) is 13.8. The summed E-state index contributed by atoms with van der Waals surface area (Å²) in [5.41, 5.74) is 4.89. The fourth-order valence-electron chi connectivity index (χ4n) is 3.80. The highest BCUT2D eigenvalue weighted by atomic mass is 16.5. The zero-order valence-corrected chi connectivity index (χ0v) is 15.8. The molecular weight excluding hydrogens is 336 g/mol. The molecule has 1 aromatic heterocycles. The summed E-state index contributed by atoms with van der Waals surface area (Å²) in [6.07, 6.45) is 2.19. The number of aromatic nitrogens is 1. The second-order valence-electron chi connectivity index (χ2n) is 6.93. The number of nitrogens with zero attached hydrogens (tertiary/aromatic N) is 2. The number of para-hydroxylation sites is 1. The Kier molecular flexibility index (Phi) is 4.71. The molecule has 138 valence electrons. The van der Waals surface area contributed by atoms with Crippen LogP contribution in [0.1, 0.15) is 28.9 Å². The minimum absolute atomic E-state index is 0.134. The predicted octanol–water partition coefficient (Wildman–Crippen LogP) is 4.70. The van der Waals surface area contributed by atoms with Crippen molar-refractivity contribution in [2.75, 3.05) is 20.2 Å². The first kappa shape index (κ1) is 17.4. The number of rotatable bonds is 4. The molecule has 4 heteroatoms. The van der Waals surface area contributed by atoms with Crippen LogP contribution in [-0.2, 0) is 0 Å². The molecule has 1 aliphatic rings. The predicted molar refractivity (Wildman–Crippen MR) is 108 cm³/mol. The molecule has 0 unspecified atom stereocenters. The first-order valence-corrected chi connectivity index (χ1v) is 9.40. The van der Waals surface area contributed by atoms with Crippen LogP contribution >= 0.6 is 0 Å². The third-order valence-electron chi connectivity index (χ3n) is 5.27. The van der Waals surface area contributed by atoms with Crippen LogP contribution < -0.4 is 4.74 Å². The van der Waals surface area contributed by atoms with Gasteiger partial charge < -0.3 is 14.2 Å². The van der Waals surface area contributed by atoms with Crippen LogP contribution in [0.5, 0.6) is 5.75 Å². The van der Waals surface area contributed by atoms with Crippen LogP contribution in [0.3, 0.4) is 0 Å². The first-order valence-electron chi connectivity index (χ1n) is 9.40. The van der Waals surface area contributed by atoms with E-state index in [1.807, 2.05) is 60.4 Å². The number of carbonyl (C=O) groups is 1. The highest BCUT2D eigenvalue weighted by Crippen LogP contribution is 2.31. The third kappa shape index (κ3) is 3.23. The molecule has 0 atom stereocenters. The molecule has 4 rings (SSSR count). The van der Waals surface area contributed by atoms with Gasteiger partial charge in [-0.3, -0.25) is 4.79 Å². The summed E-state index contributed by atoms with van der Waals surface area (Å²) in [4.78, 5) is 15.1. The van der Waals surface area contributed by atoms with Crippen molar-refractivity contribution in [2.45, 2.75) is 19.8 Å². The lowest BCUT2D eigenvalue weighted by molar-refractivity contribution is 0.0792. The molecule has 3 aromatic rings. The summed E-state index contributed by atoms with van der Waals surface area (Å²) < 4.78 is 7.46. The lowest BCUT2D eigenvalue weighted by Gasteiger charge is -2.15. The molecule has 0 saturated carbocycles. The highest BCUT2D eigenvalue weighted by molar-refractivity contribution is 5.97. The Morgan fingerprint density at radius 2 is 1.63 bits per heavy atom. The van der Waals surface area contributed by atoms with Crippen molar-refractivity contribution >= 4 is 5.91 Å². The Bertz CT molecular complexity index is 937. The fourth-order valence-corrected chi connectivity index (χ4v) is 3.80. The van der Waals surface area contributed by atoms with Gasteiger partial charge in [-0.1, -0.05) is 18.2 Å². The molecule has 2 aromatic carbocycles. The summed E-state index contributed by atoms with van der Waals surface area (Å²) in [7, 11) is 1.67. The summed E-state index contributed by atoms with van der Waals surface area (Å²) in [5, 5.41) is 0. The number of amides is 1. The van der Waals surface area contributed by atoms with Crippen molar-refractivity contribution in [1.82, 2.24) is 9.47 Å². The van der Waals surface area contributed by atoms with E-state index in [0.717, 1.165) is 59.9 Å². The third-order valence-corrected chi connectivity index (χ3v) is 5.27. The van der Waals surface area contributed by atoms with Gasteiger partial charge in [-0.15, -0.1) is 0 Å². The minimum Gasteiger partial charge on any atom is -0.497 e. The fraction of sp³-hybridized carbons (Fsp3) is 0.261. The molecular formula is C23H24N2O2. The maximum absolute atomic E-state index is 13.1. The van der Waals surface area contributed by atoms with Crippen LogP contribution in [-0.4, -0.2) is 35.6 Å². The van der Waals surface area contributed by atoms with Gasteiger partial charge in [0.15, 0.2) is 0 Å². The van der Waals surface area contributed by atoms with Gasteiger partial charge in [0.2, 0.25) is 0 Å². The van der Waals surface area contributed by atoms with Gasteiger partial charge in [0.1, 0.15) is 5.75 Å². The van der Waals surface area contributed by atoms with Crippen molar-refractivity contribution in [3.63, 3.8) is 0 Å². The van der Waals surface area contributed by atoms with Gasteiger partial charge in [0.05, 0.1) is 18.4 Å². The summed E-state index contributed by atoms with van der Waals surface area (Å²) in [5.74, 6) is 0.955. The summed E-state index contributed by atoms with van der Waals surface area (Å²) in [6, 6.07) is 20.2. The van der Waals surface area contributed by atoms with Crippen LogP contribution in [0.15, 0.2) is 60.7 Å². The first-order chi connectivity index (χ1) is 13.2. The van der Waals surface area contributed by atoms with Crippen LogP contribution in [0.4, 0.5) is 0 Å². The number of hydrogen-bond donors (Lipinski definition) is 0. The smallest absolute Gasteiger partial charge is 0.255 e. The summed E-state index contributed by atoms with van der Waals surface area (Å²) in [6.45, 7) is 3.74. The van der Waals surface area contributed by atoms with E-state index in [2.05, 4.69) is 16.7 Å². The van der Waals surface area contributed by atoms with E-state index in [0.29, 0.717) is 0 Å². The average molecular weight is 360 g/mol. The highest BCUT2D eigenvalue weighted by Gasteiger charge is 2.25. The molecule has 27 heavy (non-hydrogen) atoms. The van der Waals surface area contributed by atoms with E-state index in [9.17, 15) is 4.79 Å². The molecule has 2 heterocycles. The minimum atomic E-state index is 0.134. The average Bonchev–Trinajstić information content (AvgIpc) is 3.36. The number of ether oxygens (including phenoxy) is 1. The lowest BCUT2D eigenvalue weighted by Crippen LogP contribution is -2.27. The van der Waals surface area contributed by atoms with E-state index in [4.69, 9.17) is 4.74 Å². The molecule has 0 radical (unpaired) electrons. The number of benzene rings is 2. The van der Waals surface area contributed by atoms with Gasteiger partial charge in [-0.25, -0.2) is 0 Å². The molecule has 0 N–H and O–H groups in total. The number of hydrogen-bond acceptors (Lipinski definition) is 2. The molecule has 1 aliphatic heterocycles. The second-order valence-corrected chi connectivity index (χ2v) is 6.93. The van der Waals surface area contributed by atoms with Gasteiger partial charge in [-0.05, 0) is 67.8 Å². The van der Waals surface area contributed by atoms with Crippen LogP contribution in [0.25, 0.3) is 16.9 Å². The SMILES string of the molecule is COc1ccc(-c2cc(C(=O)N3CCCC3)c(C)n2-c2ccccc2)cc1. The Morgan fingerprint density at radius 3 is 2.26 bits per heavy atom. The van der Waals surface area contributed by atoms with E-state index in [1.54, 1.807) is 7.11 Å². The van der Waals surface area contributed by atoms with Crippen molar-refractivity contribution < 1.29 is 9.53 Å². The number of methoxy groups -OCH3 is 1. The number of likely N-dealkylation sites (tertiary alicyclic amines) is 1. The van der Waals surface area contributed by atoms with Crippen LogP contribution in [0, 0.1) is 6.92 Å². The van der Waals surface area contributed by atoms with Gasteiger partial charge in [0.25, 0.3) is 5.91 Å². The monoisotopic (exact) mass is 360 g/mol. The van der Waals surface area contributed by atoms with Crippen molar-refractivity contribution in [3.05, 3.63) is 71.9 Å². The zero-order valence-electron chi connectivity index (χ0n) is 15.8. The maximum Gasteiger partial charge on any atom is 0.255 e. The van der Waals surface area contributed by atoms with Gasteiger partial charge in [0, 0.05) is 24.5 Å². The van der Waals surface area contributed by atoms with Gasteiger partial charge >= 0.3 is 0 Å². The molecule has 1 fully saturated rings. The molecule has 0 bridgehead atoms. The zero-order chi connectivity index (χ0) is 18.8. The Morgan fingerprint density at radius 1 is 0.963 bits per heavy atom. The molecule has 4 nitrogen and oxygen atoms in total. The standard InChI is InChI=1S/C23H24N2O2/c1-17-21(23(26)24-14-6-7-15-24)16-22(18-10-12-20(27-2)13-11-18)25(17)19-8-4-3-5-9-19/h3-5,8-13,16H,6-7,14-15H2,1-2H3. The van der Waals surface area contributed by atoms with E-state index in [-0.39, 0.29) is 5.91 Å². The summed E-state index contributed by atoms with van der Waals surface area (Å²) >= 11 is 0. The molecule has 0 spiro atoms. The maximum atomic E-state index is 13.1. The van der Waals surface area contributed by atoms with Crippen molar-refractivity contribution in [1.29, 1.82) is 0 Å². The van der Waals surface area contributed by atoms with Gasteiger partial charge in [-0.2, -0.15) is 0 Å². The topological polar surface area (TPSA) is 34.5 Å². The molecule has 0 aliphatic carbocycles.